The number of hydrogen-bond acceptors (Lipinski definition) is 6. The van der Waals surface area contributed by atoms with Crippen LogP contribution < -0.4 is 10.6 Å². The second kappa shape index (κ2) is 11.3. The van der Waals surface area contributed by atoms with Crippen molar-refractivity contribution in [2.75, 3.05) is 19.7 Å². The lowest BCUT2D eigenvalue weighted by Crippen LogP contribution is -2.68. The molecule has 0 radical (unpaired) electrons. The van der Waals surface area contributed by atoms with Crippen LogP contribution in [-0.4, -0.2) is 66.4 Å². The van der Waals surface area contributed by atoms with Crippen LogP contribution in [0.15, 0.2) is 18.2 Å². The van der Waals surface area contributed by atoms with Crippen LogP contribution in [0.2, 0.25) is 5.02 Å². The number of imide groups is 1. The highest BCUT2D eigenvalue weighted by atomic mass is 35.5. The second-order valence-electron chi connectivity index (χ2n) is 11.7. The summed E-state index contributed by atoms with van der Waals surface area (Å²) in [5.41, 5.74) is 0.562. The lowest BCUT2D eigenvalue weighted by atomic mass is 9.85. The van der Waals surface area contributed by atoms with E-state index in [0.717, 1.165) is 12.0 Å². The van der Waals surface area contributed by atoms with Crippen molar-refractivity contribution in [2.24, 2.45) is 11.3 Å². The Bertz CT molecular complexity index is 1090. The average Bonchev–Trinajstić information content (AvgIpc) is 3.39. The summed E-state index contributed by atoms with van der Waals surface area (Å²) in [6.07, 6.45) is 2.98. The molecule has 0 unspecified atom stereocenters. The van der Waals surface area contributed by atoms with Gasteiger partial charge in [0.1, 0.15) is 6.10 Å². The Morgan fingerprint density at radius 2 is 1.87 bits per heavy atom. The summed E-state index contributed by atoms with van der Waals surface area (Å²) in [5, 5.41) is 6.08. The molecule has 2 N–H and O–H groups in total. The first-order valence-electron chi connectivity index (χ1n) is 13.6. The predicted molar refractivity (Wildman–Crippen MR) is 141 cm³/mol. The van der Waals surface area contributed by atoms with Crippen LogP contribution in [0.4, 0.5) is 4.79 Å². The Labute approximate surface area is 229 Å². The van der Waals surface area contributed by atoms with Gasteiger partial charge in [-0.15, -0.1) is 0 Å². The molecule has 0 spiro atoms. The fourth-order valence-electron chi connectivity index (χ4n) is 5.31. The highest BCUT2D eigenvalue weighted by molar-refractivity contribution is 6.34. The molecule has 1 saturated carbocycles. The van der Waals surface area contributed by atoms with E-state index in [0.29, 0.717) is 49.0 Å². The van der Waals surface area contributed by atoms with E-state index in [1.165, 1.54) is 12.8 Å². The predicted octanol–water partition coefficient (Wildman–Crippen LogP) is 3.96. The van der Waals surface area contributed by atoms with Crippen molar-refractivity contribution < 1.29 is 33.1 Å². The maximum absolute atomic E-state index is 14.2. The lowest BCUT2D eigenvalue weighted by Gasteiger charge is -2.37. The number of quaternary nitrogens is 1. The number of cyclic esters (lactones) is 1. The van der Waals surface area contributed by atoms with Crippen molar-refractivity contribution in [3.63, 3.8) is 0 Å². The van der Waals surface area contributed by atoms with Gasteiger partial charge in [-0.1, -0.05) is 44.5 Å². The largest absolute Gasteiger partial charge is 0.439 e. The monoisotopic (exact) mass is 548 g/mol. The summed E-state index contributed by atoms with van der Waals surface area (Å²) in [4.78, 5) is 53.2. The first-order valence-corrected chi connectivity index (χ1v) is 14.0. The molecule has 0 bridgehead atoms. The van der Waals surface area contributed by atoms with Gasteiger partial charge in [0, 0.05) is 19.4 Å². The van der Waals surface area contributed by atoms with Crippen LogP contribution in [0, 0.1) is 11.3 Å². The van der Waals surface area contributed by atoms with E-state index < -0.39 is 52.1 Å². The molecule has 1 aromatic rings. The lowest BCUT2D eigenvalue weighted by molar-refractivity contribution is -0.761. The molecule has 0 aromatic heterocycles. The Morgan fingerprint density at radius 3 is 2.47 bits per heavy atom. The molecule has 4 amide bonds. The summed E-state index contributed by atoms with van der Waals surface area (Å²) >= 11 is 6.64. The number of likely N-dealkylation sites (tertiary alicyclic amines) is 1. The summed E-state index contributed by atoms with van der Waals surface area (Å²) in [7, 11) is 0. The first kappa shape index (κ1) is 28.5. The highest BCUT2D eigenvalue weighted by Gasteiger charge is 2.54. The van der Waals surface area contributed by atoms with Crippen molar-refractivity contribution in [3.8, 4) is 0 Å². The van der Waals surface area contributed by atoms with Gasteiger partial charge in [0.15, 0.2) is 6.04 Å². The molecule has 38 heavy (non-hydrogen) atoms. The molecular weight excluding hydrogens is 510 g/mol. The zero-order valence-electron chi connectivity index (χ0n) is 22.7. The van der Waals surface area contributed by atoms with E-state index >= 15 is 0 Å². The highest BCUT2D eigenvalue weighted by Crippen LogP contribution is 2.36. The number of nitrogens with zero attached hydrogens (tertiary/aromatic N) is 1. The number of nitrogens with one attached hydrogen (secondary N) is 2. The number of carbonyl (C=O) groups is 4. The number of esters is 1. The molecule has 9 nitrogen and oxygen atoms in total. The zero-order valence-corrected chi connectivity index (χ0v) is 23.4. The fraction of sp³-hybridized carbons (Fsp3) is 0.643. The Kier molecular flexibility index (Phi) is 8.49. The average molecular weight is 549 g/mol. The van der Waals surface area contributed by atoms with Gasteiger partial charge in [-0.3, -0.25) is 14.9 Å². The number of halogens is 1. The number of rotatable bonds is 8. The maximum atomic E-state index is 14.2. The molecule has 3 fully saturated rings. The third-order valence-electron chi connectivity index (χ3n) is 7.67. The van der Waals surface area contributed by atoms with Crippen molar-refractivity contribution in [3.05, 3.63) is 34.3 Å². The Hall–Kier alpha value is -2.49. The molecule has 2 heterocycles. The van der Waals surface area contributed by atoms with Crippen molar-refractivity contribution >= 4 is 35.4 Å². The van der Waals surface area contributed by atoms with Crippen LogP contribution in [0.25, 0.3) is 0 Å². The van der Waals surface area contributed by atoms with Gasteiger partial charge in [0.2, 0.25) is 6.23 Å². The molecule has 2 saturated heterocycles. The smallest absolute Gasteiger partial charge is 0.427 e. The third-order valence-corrected chi connectivity index (χ3v) is 8.11. The number of hydrogen-bond donors (Lipinski definition) is 2. The summed E-state index contributed by atoms with van der Waals surface area (Å²) in [5.74, 6) is -0.703. The van der Waals surface area contributed by atoms with Gasteiger partial charge in [-0.2, -0.15) is 4.48 Å². The van der Waals surface area contributed by atoms with E-state index in [2.05, 4.69) is 10.6 Å². The van der Waals surface area contributed by atoms with Gasteiger partial charge in [-0.25, -0.2) is 9.59 Å². The minimum atomic E-state index is -0.964. The summed E-state index contributed by atoms with van der Waals surface area (Å²) in [6.45, 7) is 8.31. The number of amides is 4. The molecule has 1 aliphatic carbocycles. The minimum absolute atomic E-state index is 0.0357. The van der Waals surface area contributed by atoms with Gasteiger partial charge in [-0.05, 0) is 49.1 Å². The number of ether oxygens (including phenoxy) is 2. The van der Waals surface area contributed by atoms with E-state index in [1.54, 1.807) is 13.0 Å². The summed E-state index contributed by atoms with van der Waals surface area (Å²) < 4.78 is 10.4. The molecular formula is C28H39ClN3O6+. The second-order valence-corrected chi connectivity index (χ2v) is 12.1. The van der Waals surface area contributed by atoms with E-state index in [1.807, 2.05) is 32.9 Å². The number of benzene rings is 1. The van der Waals surface area contributed by atoms with Gasteiger partial charge >= 0.3 is 17.9 Å². The SMILES string of the molecule is CCO[C@H]1CC(=O)O[C@H]1NC(=O)[N+]1(C(=O)[C@@H](NC(=O)c2cccc(CC3CC3)c2Cl)C(C)(C)C)CCCC1. The van der Waals surface area contributed by atoms with Crippen molar-refractivity contribution in [1.82, 2.24) is 10.6 Å². The maximum Gasteiger partial charge on any atom is 0.427 e. The molecule has 10 heteroatoms. The topological polar surface area (TPSA) is 111 Å². The molecule has 3 atom stereocenters. The molecule has 208 valence electrons. The van der Waals surface area contributed by atoms with E-state index in [-0.39, 0.29) is 6.42 Å². The van der Waals surface area contributed by atoms with Crippen LogP contribution in [0.3, 0.4) is 0 Å². The van der Waals surface area contributed by atoms with E-state index in [4.69, 9.17) is 21.1 Å². The number of urea groups is 1. The minimum Gasteiger partial charge on any atom is -0.439 e. The summed E-state index contributed by atoms with van der Waals surface area (Å²) in [6, 6.07) is 3.89. The van der Waals surface area contributed by atoms with E-state index in [9.17, 15) is 19.2 Å². The van der Waals surface area contributed by atoms with Crippen LogP contribution >= 0.6 is 11.6 Å². The fourth-order valence-corrected chi connectivity index (χ4v) is 5.60. The van der Waals surface area contributed by atoms with Crippen LogP contribution in [-0.2, 0) is 25.5 Å². The Balaban J connectivity index is 1.56. The molecule has 4 rings (SSSR count). The quantitative estimate of drug-likeness (QED) is 0.376. The molecule has 3 aliphatic rings. The van der Waals surface area contributed by atoms with Gasteiger partial charge < -0.3 is 14.8 Å². The van der Waals surface area contributed by atoms with Crippen LogP contribution in [0.1, 0.15) is 75.7 Å². The van der Waals surface area contributed by atoms with Crippen molar-refractivity contribution in [2.45, 2.75) is 84.6 Å². The molecule has 2 aliphatic heterocycles. The normalized spacial score (nSPS) is 23.6. The Morgan fingerprint density at radius 1 is 1.18 bits per heavy atom. The standard InChI is InChI=1S/C28H38ClN3O6/c1-5-37-20-16-21(33)38-25(20)31-27(36)32(13-6-7-14-32)26(35)23(28(2,3)4)30-24(34)19-10-8-9-18(22(19)29)15-17-11-12-17/h8-10,17,20,23,25H,5-7,11-16H2,1-4H3,(H-,30,31,34,36)/p+1/t20-,23+,25+/m0/s1. The zero-order chi connectivity index (χ0) is 27.7. The third kappa shape index (κ3) is 6.05. The first-order chi connectivity index (χ1) is 18.0. The van der Waals surface area contributed by atoms with Gasteiger partial charge in [0.25, 0.3) is 5.91 Å². The van der Waals surface area contributed by atoms with Gasteiger partial charge in [0.05, 0.1) is 30.1 Å². The van der Waals surface area contributed by atoms with Crippen molar-refractivity contribution in [1.29, 1.82) is 0 Å². The van der Waals surface area contributed by atoms with Crippen LogP contribution in [0.5, 0.6) is 0 Å². The molecule has 1 aromatic carbocycles. The number of carbonyl (C=O) groups excluding carboxylic acids is 4.